The third kappa shape index (κ3) is 4.47. The summed E-state index contributed by atoms with van der Waals surface area (Å²) in [5.41, 5.74) is 1.46. The number of anilines is 3. The lowest BCUT2D eigenvalue weighted by molar-refractivity contribution is 0.102. The van der Waals surface area contributed by atoms with E-state index in [0.717, 1.165) is 5.69 Å². The van der Waals surface area contributed by atoms with Gasteiger partial charge in [-0.3, -0.25) is 4.79 Å². The lowest BCUT2D eigenvalue weighted by Gasteiger charge is -2.12. The van der Waals surface area contributed by atoms with E-state index in [1.54, 1.807) is 38.5 Å². The maximum atomic E-state index is 12.6. The molecule has 0 saturated carbocycles. The number of methoxy groups -OCH3 is 3. The largest absolute Gasteiger partial charge is 0.497 e. The number of aromatic nitrogens is 2. The number of ether oxygens (including phenoxy) is 3. The van der Waals surface area contributed by atoms with Crippen molar-refractivity contribution in [1.82, 2.24) is 9.97 Å². The average molecular weight is 380 g/mol. The maximum Gasteiger partial charge on any atom is 0.274 e. The van der Waals surface area contributed by atoms with Gasteiger partial charge in [0.1, 0.15) is 35.1 Å². The Labute approximate surface area is 162 Å². The molecule has 2 N–H and O–H groups in total. The second-order valence-corrected chi connectivity index (χ2v) is 5.67. The lowest BCUT2D eigenvalue weighted by atomic mass is 10.2. The number of rotatable bonds is 7. The molecule has 144 valence electrons. The molecule has 0 aliphatic carbocycles. The fraction of sp³-hybridized carbons (Fsp3) is 0.150. The number of hydrogen-bond donors (Lipinski definition) is 2. The van der Waals surface area contributed by atoms with Crippen LogP contribution in [0, 0.1) is 0 Å². The number of carbonyl (C=O) groups is 1. The molecule has 0 fully saturated rings. The number of benzene rings is 2. The second-order valence-electron chi connectivity index (χ2n) is 5.67. The molecule has 8 heteroatoms. The predicted octanol–water partition coefficient (Wildman–Crippen LogP) is 3.50. The van der Waals surface area contributed by atoms with Crippen LogP contribution in [0.4, 0.5) is 17.2 Å². The monoisotopic (exact) mass is 380 g/mol. The topological polar surface area (TPSA) is 94.6 Å². The third-order valence-corrected chi connectivity index (χ3v) is 3.90. The van der Waals surface area contributed by atoms with E-state index >= 15 is 0 Å². The quantitative estimate of drug-likeness (QED) is 0.648. The molecule has 1 aromatic heterocycles. The van der Waals surface area contributed by atoms with Crippen LogP contribution in [-0.2, 0) is 0 Å². The Hall–Kier alpha value is -3.81. The summed E-state index contributed by atoms with van der Waals surface area (Å²) in [6.07, 6.45) is 1.32. The van der Waals surface area contributed by atoms with Crippen LogP contribution in [0.2, 0.25) is 0 Å². The summed E-state index contributed by atoms with van der Waals surface area (Å²) in [6, 6.07) is 14.1. The number of hydrogen-bond acceptors (Lipinski definition) is 7. The first kappa shape index (κ1) is 19.0. The zero-order valence-electron chi connectivity index (χ0n) is 15.7. The average Bonchev–Trinajstić information content (AvgIpc) is 2.74. The van der Waals surface area contributed by atoms with Gasteiger partial charge in [0, 0.05) is 23.9 Å². The van der Waals surface area contributed by atoms with Crippen LogP contribution in [0.5, 0.6) is 17.2 Å². The third-order valence-electron chi connectivity index (χ3n) is 3.90. The zero-order chi connectivity index (χ0) is 19.9. The van der Waals surface area contributed by atoms with E-state index in [0.29, 0.717) is 28.8 Å². The Bertz CT molecular complexity index is 978. The summed E-state index contributed by atoms with van der Waals surface area (Å²) in [4.78, 5) is 20.8. The highest BCUT2D eigenvalue weighted by Crippen LogP contribution is 2.29. The van der Waals surface area contributed by atoms with Gasteiger partial charge in [-0.25, -0.2) is 9.97 Å². The van der Waals surface area contributed by atoms with Crippen molar-refractivity contribution in [3.05, 3.63) is 60.6 Å². The normalized spacial score (nSPS) is 10.1. The molecular formula is C20H20N4O4. The zero-order valence-corrected chi connectivity index (χ0v) is 15.7. The van der Waals surface area contributed by atoms with E-state index in [9.17, 15) is 4.79 Å². The van der Waals surface area contributed by atoms with E-state index in [4.69, 9.17) is 14.2 Å². The number of amides is 1. The maximum absolute atomic E-state index is 12.6. The molecule has 0 spiro atoms. The van der Waals surface area contributed by atoms with Crippen LogP contribution in [-0.4, -0.2) is 37.2 Å². The van der Waals surface area contributed by atoms with Crippen LogP contribution in [0.15, 0.2) is 54.9 Å². The molecule has 0 radical (unpaired) electrons. The standard InChI is InChI=1S/C20H20N4O4/c1-26-14-6-4-5-13(9-14)23-19-11-17(21-12-22-19)20(25)24-16-10-15(27-2)7-8-18(16)28-3/h4-12H,1-3H3,(H,24,25)(H,21,22,23). The van der Waals surface area contributed by atoms with Gasteiger partial charge in [0.2, 0.25) is 0 Å². The van der Waals surface area contributed by atoms with Crippen LogP contribution >= 0.6 is 0 Å². The van der Waals surface area contributed by atoms with E-state index in [1.165, 1.54) is 13.4 Å². The first-order chi connectivity index (χ1) is 13.6. The van der Waals surface area contributed by atoms with Gasteiger partial charge in [0.05, 0.1) is 27.0 Å². The Balaban J connectivity index is 1.79. The summed E-state index contributed by atoms with van der Waals surface area (Å²) < 4.78 is 15.7. The van der Waals surface area contributed by atoms with Gasteiger partial charge in [-0.15, -0.1) is 0 Å². The number of nitrogens with one attached hydrogen (secondary N) is 2. The summed E-state index contributed by atoms with van der Waals surface area (Å²) in [5, 5.41) is 5.90. The van der Waals surface area contributed by atoms with Crippen molar-refractivity contribution >= 4 is 23.1 Å². The molecule has 3 aromatic rings. The van der Waals surface area contributed by atoms with Crippen LogP contribution < -0.4 is 24.8 Å². The molecule has 0 bridgehead atoms. The van der Waals surface area contributed by atoms with Crippen molar-refractivity contribution < 1.29 is 19.0 Å². The number of carbonyl (C=O) groups excluding carboxylic acids is 1. The van der Waals surface area contributed by atoms with Crippen molar-refractivity contribution in [2.75, 3.05) is 32.0 Å². The highest BCUT2D eigenvalue weighted by Gasteiger charge is 2.13. The van der Waals surface area contributed by atoms with Crippen molar-refractivity contribution in [1.29, 1.82) is 0 Å². The summed E-state index contributed by atoms with van der Waals surface area (Å²) in [5.74, 6) is 1.90. The highest BCUT2D eigenvalue weighted by atomic mass is 16.5. The molecule has 0 aliphatic rings. The summed E-state index contributed by atoms with van der Waals surface area (Å²) >= 11 is 0. The molecule has 1 heterocycles. The van der Waals surface area contributed by atoms with Crippen LogP contribution in [0.1, 0.15) is 10.5 Å². The minimum Gasteiger partial charge on any atom is -0.497 e. The fourth-order valence-electron chi connectivity index (χ4n) is 2.50. The van der Waals surface area contributed by atoms with Gasteiger partial charge in [-0.05, 0) is 24.3 Å². The summed E-state index contributed by atoms with van der Waals surface area (Å²) in [7, 11) is 4.67. The highest BCUT2D eigenvalue weighted by molar-refractivity contribution is 6.04. The molecule has 2 aromatic carbocycles. The first-order valence-corrected chi connectivity index (χ1v) is 8.39. The molecule has 0 saturated heterocycles. The second kappa shape index (κ2) is 8.72. The molecule has 3 rings (SSSR count). The van der Waals surface area contributed by atoms with Gasteiger partial charge >= 0.3 is 0 Å². The minimum atomic E-state index is -0.400. The van der Waals surface area contributed by atoms with E-state index in [-0.39, 0.29) is 5.69 Å². The Morgan fingerprint density at radius 1 is 0.893 bits per heavy atom. The van der Waals surface area contributed by atoms with Crippen molar-refractivity contribution in [3.63, 3.8) is 0 Å². The molecule has 0 atom stereocenters. The van der Waals surface area contributed by atoms with Gasteiger partial charge in [-0.1, -0.05) is 6.07 Å². The van der Waals surface area contributed by atoms with Gasteiger partial charge in [-0.2, -0.15) is 0 Å². The van der Waals surface area contributed by atoms with Crippen molar-refractivity contribution in [3.8, 4) is 17.2 Å². The Morgan fingerprint density at radius 3 is 2.43 bits per heavy atom. The Morgan fingerprint density at radius 2 is 1.68 bits per heavy atom. The van der Waals surface area contributed by atoms with Gasteiger partial charge in [0.15, 0.2) is 0 Å². The van der Waals surface area contributed by atoms with Crippen molar-refractivity contribution in [2.45, 2.75) is 0 Å². The Kier molecular flexibility index (Phi) is 5.91. The smallest absolute Gasteiger partial charge is 0.274 e. The van der Waals surface area contributed by atoms with E-state index in [2.05, 4.69) is 20.6 Å². The molecule has 1 amide bonds. The molecular weight excluding hydrogens is 360 g/mol. The van der Waals surface area contributed by atoms with Crippen LogP contribution in [0.3, 0.4) is 0 Å². The minimum absolute atomic E-state index is 0.199. The van der Waals surface area contributed by atoms with Crippen molar-refractivity contribution in [2.24, 2.45) is 0 Å². The predicted molar refractivity (Wildman–Crippen MR) is 106 cm³/mol. The summed E-state index contributed by atoms with van der Waals surface area (Å²) in [6.45, 7) is 0. The fourth-order valence-corrected chi connectivity index (χ4v) is 2.50. The first-order valence-electron chi connectivity index (χ1n) is 8.39. The van der Waals surface area contributed by atoms with Crippen LogP contribution in [0.25, 0.3) is 0 Å². The van der Waals surface area contributed by atoms with Gasteiger partial charge in [0.25, 0.3) is 5.91 Å². The molecule has 0 unspecified atom stereocenters. The number of nitrogens with zero attached hydrogens (tertiary/aromatic N) is 2. The van der Waals surface area contributed by atoms with Gasteiger partial charge < -0.3 is 24.8 Å². The molecule has 28 heavy (non-hydrogen) atoms. The molecule has 8 nitrogen and oxygen atoms in total. The lowest BCUT2D eigenvalue weighted by Crippen LogP contribution is -2.15. The van der Waals surface area contributed by atoms with E-state index in [1.807, 2.05) is 24.3 Å². The SMILES string of the molecule is COc1cccc(Nc2cc(C(=O)Nc3cc(OC)ccc3OC)ncn2)c1. The van der Waals surface area contributed by atoms with E-state index < -0.39 is 5.91 Å². The molecule has 0 aliphatic heterocycles.